The first-order chi connectivity index (χ1) is 7.15. The van der Waals surface area contributed by atoms with Gasteiger partial charge in [0.1, 0.15) is 0 Å². The molecule has 0 aliphatic heterocycles. The van der Waals surface area contributed by atoms with Crippen LogP contribution in [0, 0.1) is 15.6 Å². The molecule has 77 valence electrons. The van der Waals surface area contributed by atoms with Crippen LogP contribution in [0.25, 0.3) is 10.8 Å². The highest BCUT2D eigenvalue weighted by atomic mass is 127. The van der Waals surface area contributed by atoms with Crippen molar-refractivity contribution in [1.82, 2.24) is 0 Å². The molecule has 0 heterocycles. The van der Waals surface area contributed by atoms with E-state index in [1.807, 2.05) is 0 Å². The Bertz CT molecular complexity index is 472. The molecule has 1 heteroatoms. The second kappa shape index (κ2) is 4.52. The second-order valence-corrected chi connectivity index (χ2v) is 5.56. The summed E-state index contributed by atoms with van der Waals surface area (Å²) in [6.45, 7) is 4.48. The van der Waals surface area contributed by atoms with Crippen molar-refractivity contribution < 1.29 is 0 Å². The van der Waals surface area contributed by atoms with Crippen LogP contribution in [0.3, 0.4) is 0 Å². The molecule has 0 spiro atoms. The van der Waals surface area contributed by atoms with Crippen LogP contribution in [0.5, 0.6) is 0 Å². The minimum Gasteiger partial charge on any atom is -0.0625 e. The van der Waals surface area contributed by atoms with Crippen LogP contribution in [0.2, 0.25) is 0 Å². The Morgan fingerprint density at radius 3 is 2.73 bits per heavy atom. The highest BCUT2D eigenvalue weighted by Gasteiger charge is 2.00. The summed E-state index contributed by atoms with van der Waals surface area (Å²) in [5.41, 5.74) is 1.32. The Hall–Kier alpha value is -0.570. The zero-order chi connectivity index (χ0) is 10.8. The number of hydrogen-bond acceptors (Lipinski definition) is 0. The fourth-order valence-corrected chi connectivity index (χ4v) is 2.26. The molecular formula is C14H14I. The lowest BCUT2D eigenvalue weighted by Gasteiger charge is -2.06. The van der Waals surface area contributed by atoms with Crippen molar-refractivity contribution >= 4 is 33.4 Å². The van der Waals surface area contributed by atoms with Crippen LogP contribution in [0.4, 0.5) is 0 Å². The maximum atomic E-state index is 3.48. The molecule has 0 saturated carbocycles. The number of rotatable bonds is 2. The van der Waals surface area contributed by atoms with Crippen LogP contribution in [0.15, 0.2) is 30.3 Å². The maximum absolute atomic E-state index is 3.48. The van der Waals surface area contributed by atoms with Crippen LogP contribution >= 0.6 is 22.6 Å². The summed E-state index contributed by atoms with van der Waals surface area (Å²) in [5, 5.41) is 2.52. The molecule has 2 aromatic rings. The van der Waals surface area contributed by atoms with Gasteiger partial charge < -0.3 is 0 Å². The molecule has 0 bridgehead atoms. The summed E-state index contributed by atoms with van der Waals surface area (Å²) >= 11 is 2.34. The van der Waals surface area contributed by atoms with Crippen LogP contribution in [0.1, 0.15) is 19.4 Å². The minimum absolute atomic E-state index is 0.697. The molecule has 2 rings (SSSR count). The molecule has 0 aliphatic carbocycles. The molecular weight excluding hydrogens is 295 g/mol. The van der Waals surface area contributed by atoms with Crippen molar-refractivity contribution in [3.05, 3.63) is 45.5 Å². The monoisotopic (exact) mass is 309 g/mol. The van der Waals surface area contributed by atoms with Gasteiger partial charge >= 0.3 is 0 Å². The van der Waals surface area contributed by atoms with E-state index in [-0.39, 0.29) is 0 Å². The third-order valence-electron chi connectivity index (χ3n) is 2.40. The van der Waals surface area contributed by atoms with Gasteiger partial charge in [0, 0.05) is 3.57 Å². The van der Waals surface area contributed by atoms with Gasteiger partial charge in [-0.05, 0) is 69.5 Å². The van der Waals surface area contributed by atoms with Gasteiger partial charge in [-0.2, -0.15) is 0 Å². The zero-order valence-corrected chi connectivity index (χ0v) is 11.2. The largest absolute Gasteiger partial charge is 0.0625 e. The Morgan fingerprint density at radius 2 is 2.00 bits per heavy atom. The molecule has 0 saturated heterocycles. The SMILES string of the molecule is CC(C)Cc1[c]c2ccc(I)cc2cc1. The molecule has 0 fully saturated rings. The van der Waals surface area contributed by atoms with Crippen molar-refractivity contribution in [1.29, 1.82) is 0 Å². The van der Waals surface area contributed by atoms with Gasteiger partial charge in [0.25, 0.3) is 0 Å². The number of fused-ring (bicyclic) bond motifs is 1. The lowest BCUT2D eigenvalue weighted by molar-refractivity contribution is 0.647. The van der Waals surface area contributed by atoms with E-state index in [1.165, 1.54) is 19.9 Å². The van der Waals surface area contributed by atoms with Crippen molar-refractivity contribution in [2.45, 2.75) is 20.3 Å². The van der Waals surface area contributed by atoms with E-state index in [9.17, 15) is 0 Å². The summed E-state index contributed by atoms with van der Waals surface area (Å²) in [5.74, 6) is 0.697. The highest BCUT2D eigenvalue weighted by Crippen LogP contribution is 2.19. The molecule has 0 aliphatic rings. The Labute approximate surface area is 105 Å². The summed E-state index contributed by atoms with van der Waals surface area (Å²) in [6.07, 6.45) is 1.11. The minimum atomic E-state index is 0.697. The van der Waals surface area contributed by atoms with Crippen molar-refractivity contribution in [3.63, 3.8) is 0 Å². The van der Waals surface area contributed by atoms with Crippen molar-refractivity contribution in [2.75, 3.05) is 0 Å². The first-order valence-electron chi connectivity index (χ1n) is 5.25. The van der Waals surface area contributed by atoms with Gasteiger partial charge in [0.15, 0.2) is 0 Å². The van der Waals surface area contributed by atoms with Gasteiger partial charge in [-0.3, -0.25) is 0 Å². The molecule has 0 aromatic heterocycles. The average molecular weight is 309 g/mol. The van der Waals surface area contributed by atoms with E-state index in [2.05, 4.69) is 72.8 Å². The van der Waals surface area contributed by atoms with Gasteiger partial charge in [-0.25, -0.2) is 0 Å². The van der Waals surface area contributed by atoms with Crippen LogP contribution in [-0.2, 0) is 6.42 Å². The van der Waals surface area contributed by atoms with E-state index >= 15 is 0 Å². The maximum Gasteiger partial charge on any atom is 0.0136 e. The first-order valence-corrected chi connectivity index (χ1v) is 6.33. The fraction of sp³-hybridized carbons (Fsp3) is 0.286. The molecule has 15 heavy (non-hydrogen) atoms. The number of benzene rings is 2. The van der Waals surface area contributed by atoms with Gasteiger partial charge in [0.2, 0.25) is 0 Å². The molecule has 2 aromatic carbocycles. The summed E-state index contributed by atoms with van der Waals surface area (Å²) in [4.78, 5) is 0. The second-order valence-electron chi connectivity index (χ2n) is 4.31. The third-order valence-corrected chi connectivity index (χ3v) is 3.07. The summed E-state index contributed by atoms with van der Waals surface area (Å²) in [6, 6.07) is 14.4. The molecule has 0 nitrogen and oxygen atoms in total. The quantitative estimate of drug-likeness (QED) is 0.719. The van der Waals surface area contributed by atoms with E-state index < -0.39 is 0 Å². The Balaban J connectivity index is 2.43. The fourth-order valence-electron chi connectivity index (χ4n) is 1.75. The standard InChI is InChI=1S/C14H14I/c1-10(2)7-11-3-4-13-9-14(15)6-5-12(13)8-11/h3-6,9-10H,7H2,1-2H3. The third kappa shape index (κ3) is 2.71. The molecule has 0 unspecified atom stereocenters. The van der Waals surface area contributed by atoms with E-state index in [1.54, 1.807) is 0 Å². The van der Waals surface area contributed by atoms with E-state index in [4.69, 9.17) is 0 Å². The Kier molecular flexibility index (Phi) is 3.29. The first kappa shape index (κ1) is 10.9. The van der Waals surface area contributed by atoms with Crippen molar-refractivity contribution in [2.24, 2.45) is 5.92 Å². The van der Waals surface area contributed by atoms with E-state index in [0.29, 0.717) is 5.92 Å². The van der Waals surface area contributed by atoms with Crippen LogP contribution in [-0.4, -0.2) is 0 Å². The lowest BCUT2D eigenvalue weighted by Crippen LogP contribution is -1.93. The molecule has 1 radical (unpaired) electrons. The van der Waals surface area contributed by atoms with Crippen LogP contribution < -0.4 is 0 Å². The topological polar surface area (TPSA) is 0 Å². The van der Waals surface area contributed by atoms with Crippen molar-refractivity contribution in [3.8, 4) is 0 Å². The summed E-state index contributed by atoms with van der Waals surface area (Å²) in [7, 11) is 0. The zero-order valence-electron chi connectivity index (χ0n) is 9.05. The average Bonchev–Trinajstić information content (AvgIpc) is 2.17. The smallest absolute Gasteiger partial charge is 0.0136 e. The molecule has 0 atom stereocenters. The van der Waals surface area contributed by atoms with E-state index in [0.717, 1.165) is 6.42 Å². The van der Waals surface area contributed by atoms with Gasteiger partial charge in [0.05, 0.1) is 0 Å². The predicted molar refractivity (Wildman–Crippen MR) is 74.0 cm³/mol. The highest BCUT2D eigenvalue weighted by molar-refractivity contribution is 14.1. The Morgan fingerprint density at radius 1 is 1.20 bits per heavy atom. The molecule has 0 N–H and O–H groups in total. The predicted octanol–water partition coefficient (Wildman–Crippen LogP) is 4.44. The normalized spacial score (nSPS) is 11.2. The van der Waals surface area contributed by atoms with Gasteiger partial charge in [-0.15, -0.1) is 0 Å². The number of hydrogen-bond donors (Lipinski definition) is 0. The number of halogens is 1. The summed E-state index contributed by atoms with van der Waals surface area (Å²) < 4.78 is 1.28. The lowest BCUT2D eigenvalue weighted by atomic mass is 10.00. The van der Waals surface area contributed by atoms with Gasteiger partial charge in [-0.1, -0.05) is 32.0 Å². The molecule has 0 amide bonds.